The van der Waals surface area contributed by atoms with Crippen molar-refractivity contribution in [1.82, 2.24) is 19.9 Å². The molecule has 0 bridgehead atoms. The Morgan fingerprint density at radius 1 is 0.767 bits per heavy atom. The van der Waals surface area contributed by atoms with Crippen LogP contribution in [0.15, 0.2) is 4.79 Å². The van der Waals surface area contributed by atoms with E-state index < -0.39 is 66.2 Å². The lowest BCUT2D eigenvalue weighted by atomic mass is 10.5. The van der Waals surface area contributed by atoms with Gasteiger partial charge in [0.2, 0.25) is 27.1 Å². The molecule has 2 aromatic rings. The van der Waals surface area contributed by atoms with Crippen LogP contribution in [0.5, 0.6) is 0 Å². The van der Waals surface area contributed by atoms with E-state index in [1.54, 1.807) is 0 Å². The van der Waals surface area contributed by atoms with Crippen molar-refractivity contribution >= 4 is 46.2 Å². The van der Waals surface area contributed by atoms with E-state index in [0.29, 0.717) is 0 Å². The lowest BCUT2D eigenvalue weighted by Gasteiger charge is -2.05. The zero-order valence-corrected chi connectivity index (χ0v) is 15.4. The van der Waals surface area contributed by atoms with Gasteiger partial charge in [0.1, 0.15) is 0 Å². The molecule has 30 heavy (non-hydrogen) atoms. The highest BCUT2D eigenvalue weighted by molar-refractivity contribution is 6.36. The van der Waals surface area contributed by atoms with Crippen LogP contribution in [0.3, 0.4) is 0 Å². The Bertz CT molecular complexity index is 1040. The number of aromatic amines is 1. The van der Waals surface area contributed by atoms with E-state index in [9.17, 15) is 51.4 Å². The summed E-state index contributed by atoms with van der Waals surface area (Å²) >= 11 is 15.4. The van der Waals surface area contributed by atoms with Crippen LogP contribution < -0.4 is 5.56 Å². The molecule has 0 radical (unpaired) electrons. The summed E-state index contributed by atoms with van der Waals surface area (Å²) in [5.74, 6) is -3.30. The zero-order valence-electron chi connectivity index (χ0n) is 13.2. The van der Waals surface area contributed by atoms with Crippen molar-refractivity contribution in [3.63, 3.8) is 0 Å². The summed E-state index contributed by atoms with van der Waals surface area (Å²) in [6.07, 6.45) is -9.78. The lowest BCUT2D eigenvalue weighted by Crippen LogP contribution is -2.21. The molecule has 0 fully saturated rings. The molecule has 0 aliphatic carbocycles. The Morgan fingerprint density at radius 3 is 1.47 bits per heavy atom. The molecule has 0 aliphatic rings. The molecule has 1 N–H and O–H groups in total. The molecular weight excluding hydrogens is 504 g/mol. The summed E-state index contributed by atoms with van der Waals surface area (Å²) in [6, 6.07) is 0. The number of hydrogen-bond donors (Lipinski definition) is 1. The van der Waals surface area contributed by atoms with Crippen LogP contribution in [0, 0.1) is 20.2 Å². The minimum Gasteiger partial charge on any atom is -0.297 e. The van der Waals surface area contributed by atoms with Gasteiger partial charge in [0.15, 0.2) is 0 Å². The van der Waals surface area contributed by atoms with Crippen LogP contribution in [0.2, 0.25) is 15.5 Å². The molecule has 2 aromatic heterocycles. The molecule has 0 saturated carbocycles. The Kier molecular flexibility index (Phi) is 7.51. The average molecular weight is 506 g/mol. The second kappa shape index (κ2) is 8.92. The summed E-state index contributed by atoms with van der Waals surface area (Å²) in [5.41, 5.74) is -3.72. The summed E-state index contributed by atoms with van der Waals surface area (Å²) < 4.78 is 72.3. The van der Waals surface area contributed by atoms with Crippen molar-refractivity contribution in [1.29, 1.82) is 0 Å². The number of H-pyrrole nitrogens is 1. The highest BCUT2D eigenvalue weighted by Gasteiger charge is 2.38. The van der Waals surface area contributed by atoms with Gasteiger partial charge in [-0.15, -0.1) is 0 Å². The fraction of sp³-hybridized carbons (Fsp3) is 0.200. The maximum atomic E-state index is 12.1. The van der Waals surface area contributed by atoms with Crippen LogP contribution in [0.1, 0.15) is 11.6 Å². The predicted octanol–water partition coefficient (Wildman–Crippen LogP) is 4.06. The van der Waals surface area contributed by atoms with Crippen LogP contribution in [-0.2, 0) is 12.4 Å². The first kappa shape index (κ1) is 25.2. The van der Waals surface area contributed by atoms with E-state index in [2.05, 4.69) is 15.0 Å². The van der Waals surface area contributed by atoms with E-state index in [1.165, 1.54) is 4.98 Å². The van der Waals surface area contributed by atoms with Gasteiger partial charge in [0, 0.05) is 0 Å². The first-order chi connectivity index (χ1) is 13.5. The van der Waals surface area contributed by atoms with Gasteiger partial charge in [-0.25, -0.2) is 15.0 Å². The van der Waals surface area contributed by atoms with Crippen LogP contribution >= 0.6 is 34.8 Å². The molecule has 11 nitrogen and oxygen atoms in total. The monoisotopic (exact) mass is 504 g/mol. The van der Waals surface area contributed by atoms with Crippen LogP contribution in [0.4, 0.5) is 37.7 Å². The fourth-order valence-electron chi connectivity index (χ4n) is 1.41. The number of halogens is 9. The van der Waals surface area contributed by atoms with E-state index in [0.717, 1.165) is 0 Å². The number of nitrogens with one attached hydrogen (secondary N) is 1. The van der Waals surface area contributed by atoms with Crippen LogP contribution in [-0.4, -0.2) is 29.8 Å². The summed E-state index contributed by atoms with van der Waals surface area (Å²) in [6.45, 7) is 0. The van der Waals surface area contributed by atoms with Crippen molar-refractivity contribution in [2.45, 2.75) is 12.4 Å². The molecule has 164 valence electrons. The standard InChI is InChI=1S/C5Cl2F3N3O2.C5HClF3N3O3/c6-2-1(13(14)15)3(7)12-4(11-2)5(8,9)10;6-2-1(12(14)15)3(13)11-4(10-2)5(7,8)9/h;(H,10,11,13). The van der Waals surface area contributed by atoms with E-state index in [1.807, 2.05) is 0 Å². The quantitative estimate of drug-likeness (QED) is 0.277. The highest BCUT2D eigenvalue weighted by atomic mass is 35.5. The first-order valence-corrected chi connectivity index (χ1v) is 7.56. The molecule has 0 spiro atoms. The minimum absolute atomic E-state index is 0.952. The van der Waals surface area contributed by atoms with Gasteiger partial charge in [-0.3, -0.25) is 30.0 Å². The number of rotatable bonds is 2. The second-order valence-corrected chi connectivity index (χ2v) is 5.62. The Hall–Kier alpha value is -2.79. The molecule has 2 heterocycles. The van der Waals surface area contributed by atoms with Gasteiger partial charge >= 0.3 is 29.3 Å². The Balaban J connectivity index is 0.000000300. The van der Waals surface area contributed by atoms with Crippen molar-refractivity contribution in [3.8, 4) is 0 Å². The molecule has 2 rings (SSSR count). The molecular formula is C10HCl3F6N6O5. The average Bonchev–Trinajstić information content (AvgIpc) is 2.51. The molecule has 0 saturated heterocycles. The van der Waals surface area contributed by atoms with Crippen molar-refractivity contribution in [2.75, 3.05) is 0 Å². The molecule has 0 aromatic carbocycles. The van der Waals surface area contributed by atoms with Gasteiger partial charge < -0.3 is 0 Å². The van der Waals surface area contributed by atoms with Crippen molar-refractivity contribution in [3.05, 3.63) is 57.7 Å². The summed E-state index contributed by atoms with van der Waals surface area (Å²) in [7, 11) is 0. The molecule has 20 heteroatoms. The van der Waals surface area contributed by atoms with Crippen LogP contribution in [0.25, 0.3) is 0 Å². The Labute approximate surface area is 172 Å². The van der Waals surface area contributed by atoms with Gasteiger partial charge in [0.25, 0.3) is 0 Å². The van der Waals surface area contributed by atoms with E-state index in [-0.39, 0.29) is 0 Å². The topological polar surface area (TPSA) is 158 Å². The maximum absolute atomic E-state index is 12.1. The van der Waals surface area contributed by atoms with Gasteiger partial charge in [0.05, 0.1) is 9.85 Å². The number of nitrogens with zero attached hydrogens (tertiary/aromatic N) is 5. The lowest BCUT2D eigenvalue weighted by molar-refractivity contribution is -0.386. The number of nitro groups is 2. The first-order valence-electron chi connectivity index (χ1n) is 6.42. The van der Waals surface area contributed by atoms with Gasteiger partial charge in [-0.2, -0.15) is 26.3 Å². The highest BCUT2D eigenvalue weighted by Crippen LogP contribution is 2.34. The minimum atomic E-state index is -4.92. The van der Waals surface area contributed by atoms with Gasteiger partial charge in [-0.05, 0) is 0 Å². The van der Waals surface area contributed by atoms with Crippen molar-refractivity contribution in [2.24, 2.45) is 0 Å². The third kappa shape index (κ3) is 6.10. The van der Waals surface area contributed by atoms with E-state index in [4.69, 9.17) is 34.8 Å². The molecule has 0 amide bonds. The third-order valence-electron chi connectivity index (χ3n) is 2.54. The van der Waals surface area contributed by atoms with Gasteiger partial charge in [-0.1, -0.05) is 34.8 Å². The predicted molar refractivity (Wildman–Crippen MR) is 85.2 cm³/mol. The zero-order chi connectivity index (χ0) is 23.6. The summed E-state index contributed by atoms with van der Waals surface area (Å²) in [4.78, 5) is 38.4. The summed E-state index contributed by atoms with van der Waals surface area (Å²) in [5, 5.41) is 17.5. The SMILES string of the molecule is O=[N+]([O-])c1c(Cl)nc(C(F)(F)F)nc1Cl.O=c1[nH]c(C(F)(F)F)nc(Cl)c1[N+](=O)[O-]. The molecule has 0 atom stereocenters. The third-order valence-corrected chi connectivity index (χ3v) is 3.33. The number of aromatic nitrogens is 4. The molecule has 0 unspecified atom stereocenters. The van der Waals surface area contributed by atoms with Crippen molar-refractivity contribution < 1.29 is 36.2 Å². The number of alkyl halides is 6. The molecule has 0 aliphatic heterocycles. The largest absolute Gasteiger partial charge is 0.451 e. The number of hydrogen-bond acceptors (Lipinski definition) is 8. The maximum Gasteiger partial charge on any atom is 0.451 e. The Morgan fingerprint density at radius 2 is 1.17 bits per heavy atom. The second-order valence-electron chi connectivity index (χ2n) is 4.54. The van der Waals surface area contributed by atoms with E-state index >= 15 is 0 Å². The normalized spacial score (nSPS) is 11.5. The smallest absolute Gasteiger partial charge is 0.297 e. The fourth-order valence-corrected chi connectivity index (χ4v) is 2.18.